The Morgan fingerprint density at radius 3 is 2.59 bits per heavy atom. The summed E-state index contributed by atoms with van der Waals surface area (Å²) in [5, 5.41) is 4.90. The molecule has 0 saturated carbocycles. The minimum absolute atomic E-state index is 0.104. The summed E-state index contributed by atoms with van der Waals surface area (Å²) in [6, 6.07) is 17.7. The van der Waals surface area contributed by atoms with Crippen LogP contribution in [0.4, 0.5) is 0 Å². The highest BCUT2D eigenvalue weighted by molar-refractivity contribution is 7.80. The zero-order chi connectivity index (χ0) is 20.8. The monoisotopic (exact) mass is 409 g/mol. The average Bonchev–Trinajstić information content (AvgIpc) is 2.72. The van der Waals surface area contributed by atoms with E-state index in [0.717, 1.165) is 28.8 Å². The van der Waals surface area contributed by atoms with Gasteiger partial charge in [-0.25, -0.2) is 0 Å². The number of rotatable bonds is 7. The van der Waals surface area contributed by atoms with Gasteiger partial charge in [-0.15, -0.1) is 0 Å². The SMILES string of the molecule is COc1ccc2[nH]c(=O)c(CN(Cc3ccccc3)C(=S)NCC(C)C)cc2c1. The molecule has 1 heterocycles. The number of methoxy groups -OCH3 is 1. The number of thiocarbonyl (C=S) groups is 1. The molecule has 0 spiro atoms. The lowest BCUT2D eigenvalue weighted by atomic mass is 10.1. The van der Waals surface area contributed by atoms with Gasteiger partial charge in [-0.3, -0.25) is 4.79 Å². The standard InChI is InChI=1S/C23H27N3O2S/c1-16(2)13-24-23(29)26(14-17-7-5-4-6-8-17)15-19-11-18-12-20(28-3)9-10-21(18)25-22(19)27/h4-12,16H,13-15H2,1-3H3,(H,24,29)(H,25,27). The van der Waals surface area contributed by atoms with Crippen molar-refractivity contribution in [1.29, 1.82) is 0 Å². The van der Waals surface area contributed by atoms with Gasteiger partial charge in [0, 0.05) is 29.6 Å². The van der Waals surface area contributed by atoms with Crippen molar-refractivity contribution in [3.05, 3.63) is 76.1 Å². The normalized spacial score (nSPS) is 10.9. The Labute approximate surface area is 176 Å². The number of benzene rings is 2. The third-order valence-corrected chi connectivity index (χ3v) is 5.06. The maximum Gasteiger partial charge on any atom is 0.253 e. The van der Waals surface area contributed by atoms with E-state index in [0.29, 0.717) is 29.7 Å². The highest BCUT2D eigenvalue weighted by atomic mass is 32.1. The number of fused-ring (bicyclic) bond motifs is 1. The quantitative estimate of drug-likeness (QED) is 0.576. The molecule has 0 bridgehead atoms. The zero-order valence-corrected chi connectivity index (χ0v) is 17.9. The number of aromatic amines is 1. The number of nitrogens with one attached hydrogen (secondary N) is 2. The van der Waals surface area contributed by atoms with Crippen LogP contribution in [0.25, 0.3) is 10.9 Å². The number of hydrogen-bond acceptors (Lipinski definition) is 3. The molecular formula is C23H27N3O2S. The smallest absolute Gasteiger partial charge is 0.253 e. The number of hydrogen-bond donors (Lipinski definition) is 2. The Kier molecular flexibility index (Phi) is 6.88. The number of ether oxygens (including phenoxy) is 1. The van der Waals surface area contributed by atoms with Crippen LogP contribution in [0.2, 0.25) is 0 Å². The molecule has 0 atom stereocenters. The van der Waals surface area contributed by atoms with Crippen molar-refractivity contribution in [2.45, 2.75) is 26.9 Å². The van der Waals surface area contributed by atoms with Gasteiger partial charge in [0.2, 0.25) is 0 Å². The fraction of sp³-hybridized carbons (Fsp3) is 0.304. The molecule has 152 valence electrons. The van der Waals surface area contributed by atoms with Crippen LogP contribution in [0, 0.1) is 5.92 Å². The van der Waals surface area contributed by atoms with E-state index in [1.54, 1.807) is 7.11 Å². The van der Waals surface area contributed by atoms with Gasteiger partial charge in [-0.2, -0.15) is 0 Å². The van der Waals surface area contributed by atoms with Crippen LogP contribution >= 0.6 is 12.2 Å². The van der Waals surface area contributed by atoms with Gasteiger partial charge in [-0.1, -0.05) is 44.2 Å². The van der Waals surface area contributed by atoms with Crippen molar-refractivity contribution in [3.8, 4) is 5.75 Å². The van der Waals surface area contributed by atoms with Gasteiger partial charge in [0.05, 0.1) is 13.7 Å². The van der Waals surface area contributed by atoms with Crippen LogP contribution in [0.15, 0.2) is 59.4 Å². The second-order valence-corrected chi connectivity index (χ2v) is 7.89. The summed E-state index contributed by atoms with van der Waals surface area (Å²) in [6.45, 7) is 6.11. The maximum atomic E-state index is 12.7. The molecule has 1 aromatic heterocycles. The van der Waals surface area contributed by atoms with Crippen LogP contribution in [0.3, 0.4) is 0 Å². The number of aromatic nitrogens is 1. The lowest BCUT2D eigenvalue weighted by Gasteiger charge is -2.26. The molecule has 2 aromatic carbocycles. The minimum atomic E-state index is -0.104. The van der Waals surface area contributed by atoms with E-state index in [9.17, 15) is 4.79 Å². The van der Waals surface area contributed by atoms with Crippen molar-refractivity contribution < 1.29 is 4.74 Å². The number of H-pyrrole nitrogens is 1. The predicted octanol–water partition coefficient (Wildman–Crippen LogP) is 4.07. The fourth-order valence-corrected chi connectivity index (χ4v) is 3.30. The maximum absolute atomic E-state index is 12.7. The molecule has 3 aromatic rings. The van der Waals surface area contributed by atoms with E-state index in [2.05, 4.69) is 36.3 Å². The summed E-state index contributed by atoms with van der Waals surface area (Å²) in [4.78, 5) is 17.7. The Balaban J connectivity index is 1.90. The first-order chi connectivity index (χ1) is 14.0. The van der Waals surface area contributed by atoms with Crippen molar-refractivity contribution >= 4 is 28.2 Å². The second-order valence-electron chi connectivity index (χ2n) is 7.50. The molecule has 6 heteroatoms. The summed E-state index contributed by atoms with van der Waals surface area (Å²) >= 11 is 5.65. The third-order valence-electron chi connectivity index (χ3n) is 4.65. The van der Waals surface area contributed by atoms with Gasteiger partial charge in [0.25, 0.3) is 5.56 Å². The Hall–Kier alpha value is -2.86. The van der Waals surface area contributed by atoms with E-state index in [1.807, 2.05) is 47.4 Å². The Bertz CT molecular complexity index is 1030. The highest BCUT2D eigenvalue weighted by Gasteiger charge is 2.14. The topological polar surface area (TPSA) is 57.4 Å². The van der Waals surface area contributed by atoms with Crippen LogP contribution in [0.5, 0.6) is 5.75 Å². The molecule has 0 unspecified atom stereocenters. The minimum Gasteiger partial charge on any atom is -0.497 e. The molecule has 0 aliphatic rings. The number of pyridine rings is 1. The molecule has 0 amide bonds. The average molecular weight is 410 g/mol. The lowest BCUT2D eigenvalue weighted by molar-refractivity contribution is 0.394. The van der Waals surface area contributed by atoms with Crippen molar-refractivity contribution in [1.82, 2.24) is 15.2 Å². The van der Waals surface area contributed by atoms with Gasteiger partial charge in [-0.05, 0) is 48.0 Å². The van der Waals surface area contributed by atoms with Crippen LogP contribution in [-0.4, -0.2) is 28.7 Å². The van der Waals surface area contributed by atoms with E-state index < -0.39 is 0 Å². The molecule has 0 fully saturated rings. The van der Waals surface area contributed by atoms with E-state index in [4.69, 9.17) is 17.0 Å². The van der Waals surface area contributed by atoms with Gasteiger partial charge in [0.1, 0.15) is 5.75 Å². The first-order valence-corrected chi connectivity index (χ1v) is 10.1. The van der Waals surface area contributed by atoms with Crippen LogP contribution < -0.4 is 15.6 Å². The van der Waals surface area contributed by atoms with Gasteiger partial charge in [0.15, 0.2) is 5.11 Å². The molecule has 0 aliphatic carbocycles. The van der Waals surface area contributed by atoms with E-state index in [1.165, 1.54) is 0 Å². The summed E-state index contributed by atoms with van der Waals surface area (Å²) in [6.07, 6.45) is 0. The van der Waals surface area contributed by atoms with Gasteiger partial charge < -0.3 is 19.9 Å². The largest absolute Gasteiger partial charge is 0.497 e. The lowest BCUT2D eigenvalue weighted by Crippen LogP contribution is -2.41. The van der Waals surface area contributed by atoms with Crippen LogP contribution in [-0.2, 0) is 13.1 Å². The molecule has 0 radical (unpaired) electrons. The Morgan fingerprint density at radius 2 is 1.90 bits per heavy atom. The third kappa shape index (κ3) is 5.57. The summed E-state index contributed by atoms with van der Waals surface area (Å²) in [5.41, 5.74) is 2.48. The Morgan fingerprint density at radius 1 is 1.14 bits per heavy atom. The number of nitrogens with zero attached hydrogens (tertiary/aromatic N) is 1. The first-order valence-electron chi connectivity index (χ1n) is 9.73. The summed E-state index contributed by atoms with van der Waals surface area (Å²) in [5.74, 6) is 1.23. The zero-order valence-electron chi connectivity index (χ0n) is 17.1. The second kappa shape index (κ2) is 9.56. The fourth-order valence-electron chi connectivity index (χ4n) is 3.09. The van der Waals surface area contributed by atoms with Gasteiger partial charge >= 0.3 is 0 Å². The molecule has 0 saturated heterocycles. The molecule has 29 heavy (non-hydrogen) atoms. The van der Waals surface area contributed by atoms with Crippen LogP contribution in [0.1, 0.15) is 25.0 Å². The van der Waals surface area contributed by atoms with Crippen molar-refractivity contribution in [2.24, 2.45) is 5.92 Å². The molecule has 5 nitrogen and oxygen atoms in total. The molecular weight excluding hydrogens is 382 g/mol. The van der Waals surface area contributed by atoms with E-state index >= 15 is 0 Å². The molecule has 2 N–H and O–H groups in total. The van der Waals surface area contributed by atoms with Crippen molar-refractivity contribution in [2.75, 3.05) is 13.7 Å². The molecule has 0 aliphatic heterocycles. The van der Waals surface area contributed by atoms with Crippen molar-refractivity contribution in [3.63, 3.8) is 0 Å². The molecule has 3 rings (SSSR count). The predicted molar refractivity (Wildman–Crippen MR) is 122 cm³/mol. The summed E-state index contributed by atoms with van der Waals surface area (Å²) < 4.78 is 5.31. The van der Waals surface area contributed by atoms with E-state index in [-0.39, 0.29) is 5.56 Å². The first kappa shape index (κ1) is 20.9. The highest BCUT2D eigenvalue weighted by Crippen LogP contribution is 2.19. The summed E-state index contributed by atoms with van der Waals surface area (Å²) in [7, 11) is 1.63.